The van der Waals surface area contributed by atoms with Gasteiger partial charge in [0.25, 0.3) is 0 Å². The monoisotopic (exact) mass is 540 g/mol. The SMILES string of the molecule is COc1cc(C=CC(=O)OC2(C)CC(O)C3(O)C=COC(OC4OC(CO)C(O)C(O)C4O)C23)ccc1O. The van der Waals surface area contributed by atoms with Crippen LogP contribution in [0.5, 0.6) is 11.5 Å². The number of aliphatic hydroxyl groups is 6. The van der Waals surface area contributed by atoms with Crippen LogP contribution in [-0.4, -0.2) is 110 Å². The first kappa shape index (κ1) is 28.3. The van der Waals surface area contributed by atoms with E-state index in [-0.39, 0.29) is 17.9 Å². The summed E-state index contributed by atoms with van der Waals surface area (Å²) in [7, 11) is 1.38. The number of esters is 1. The molecule has 10 atom stereocenters. The van der Waals surface area contributed by atoms with Gasteiger partial charge >= 0.3 is 5.97 Å². The van der Waals surface area contributed by atoms with Crippen LogP contribution in [0.1, 0.15) is 18.9 Å². The number of benzene rings is 1. The first-order chi connectivity index (χ1) is 17.9. The van der Waals surface area contributed by atoms with Crippen molar-refractivity contribution in [3.63, 3.8) is 0 Å². The van der Waals surface area contributed by atoms with Gasteiger partial charge in [0.2, 0.25) is 6.29 Å². The number of rotatable bonds is 7. The van der Waals surface area contributed by atoms with Crippen molar-refractivity contribution < 1.29 is 64.2 Å². The number of phenolic OH excluding ortho intramolecular Hbond substituents is 1. The second-order valence-corrected chi connectivity index (χ2v) is 9.72. The lowest BCUT2D eigenvalue weighted by atomic mass is 9.81. The van der Waals surface area contributed by atoms with Gasteiger partial charge < -0.3 is 59.4 Å². The van der Waals surface area contributed by atoms with Crippen LogP contribution in [0.2, 0.25) is 0 Å². The Morgan fingerprint density at radius 2 is 1.89 bits per heavy atom. The van der Waals surface area contributed by atoms with E-state index in [0.29, 0.717) is 5.56 Å². The summed E-state index contributed by atoms with van der Waals surface area (Å²) in [5.74, 6) is -1.92. The number of aliphatic hydroxyl groups excluding tert-OH is 5. The highest BCUT2D eigenvalue weighted by Crippen LogP contribution is 2.51. The number of ether oxygens (including phenoxy) is 5. The Morgan fingerprint density at radius 3 is 2.58 bits per heavy atom. The number of carbonyl (C=O) groups is 1. The first-order valence-corrected chi connectivity index (χ1v) is 11.9. The summed E-state index contributed by atoms with van der Waals surface area (Å²) in [5.41, 5.74) is -2.98. The van der Waals surface area contributed by atoms with Gasteiger partial charge in [0.1, 0.15) is 35.6 Å². The molecule has 1 saturated heterocycles. The number of fused-ring (bicyclic) bond motifs is 1. The topological polar surface area (TPSA) is 205 Å². The average molecular weight is 541 g/mol. The van der Waals surface area contributed by atoms with Gasteiger partial charge in [0, 0.05) is 12.5 Å². The maximum absolute atomic E-state index is 12.8. The van der Waals surface area contributed by atoms with Crippen molar-refractivity contribution in [3.05, 3.63) is 42.2 Å². The molecule has 2 heterocycles. The number of hydrogen-bond acceptors (Lipinski definition) is 13. The lowest BCUT2D eigenvalue weighted by Gasteiger charge is -2.45. The number of carbonyl (C=O) groups excluding carboxylic acids is 1. The molecule has 2 fully saturated rings. The molecule has 2 aliphatic heterocycles. The molecule has 0 bridgehead atoms. The molecule has 1 aromatic rings. The molecule has 10 unspecified atom stereocenters. The maximum atomic E-state index is 12.8. The summed E-state index contributed by atoms with van der Waals surface area (Å²) in [5, 5.41) is 71.7. The molecule has 210 valence electrons. The summed E-state index contributed by atoms with van der Waals surface area (Å²) in [4.78, 5) is 12.8. The van der Waals surface area contributed by atoms with E-state index in [4.69, 9.17) is 23.7 Å². The van der Waals surface area contributed by atoms with Crippen LogP contribution in [0.3, 0.4) is 0 Å². The lowest BCUT2D eigenvalue weighted by molar-refractivity contribution is -0.351. The van der Waals surface area contributed by atoms with Crippen molar-refractivity contribution in [1.82, 2.24) is 0 Å². The van der Waals surface area contributed by atoms with E-state index in [0.717, 1.165) is 12.3 Å². The van der Waals surface area contributed by atoms with Crippen molar-refractivity contribution in [2.24, 2.45) is 5.92 Å². The predicted octanol–water partition coefficient (Wildman–Crippen LogP) is -1.49. The van der Waals surface area contributed by atoms with Crippen molar-refractivity contribution in [2.75, 3.05) is 13.7 Å². The molecule has 13 heteroatoms. The molecule has 38 heavy (non-hydrogen) atoms. The Labute approximate surface area is 217 Å². The predicted molar refractivity (Wildman–Crippen MR) is 126 cm³/mol. The van der Waals surface area contributed by atoms with Gasteiger partial charge in [-0.05, 0) is 36.8 Å². The largest absolute Gasteiger partial charge is 0.504 e. The average Bonchev–Trinajstić information content (AvgIpc) is 3.08. The van der Waals surface area contributed by atoms with Gasteiger partial charge in [-0.2, -0.15) is 0 Å². The van der Waals surface area contributed by atoms with Gasteiger partial charge in [0.05, 0.1) is 32.0 Å². The fraction of sp³-hybridized carbons (Fsp3) is 0.560. The molecule has 4 rings (SSSR count). The van der Waals surface area contributed by atoms with E-state index in [1.165, 1.54) is 38.3 Å². The molecule has 0 spiro atoms. The van der Waals surface area contributed by atoms with Gasteiger partial charge in [-0.15, -0.1) is 0 Å². The van der Waals surface area contributed by atoms with E-state index in [1.54, 1.807) is 6.07 Å². The van der Waals surface area contributed by atoms with Crippen molar-refractivity contribution >= 4 is 12.0 Å². The zero-order valence-corrected chi connectivity index (χ0v) is 20.7. The second-order valence-electron chi connectivity index (χ2n) is 9.72. The van der Waals surface area contributed by atoms with E-state index in [2.05, 4.69) is 0 Å². The zero-order chi connectivity index (χ0) is 27.8. The van der Waals surface area contributed by atoms with Crippen LogP contribution in [0.15, 0.2) is 36.6 Å². The van der Waals surface area contributed by atoms with E-state index in [9.17, 15) is 40.5 Å². The summed E-state index contributed by atoms with van der Waals surface area (Å²) in [6.45, 7) is 0.789. The number of methoxy groups -OCH3 is 1. The van der Waals surface area contributed by atoms with Crippen molar-refractivity contribution in [1.29, 1.82) is 0 Å². The molecule has 13 nitrogen and oxygen atoms in total. The van der Waals surface area contributed by atoms with Crippen LogP contribution in [0, 0.1) is 5.92 Å². The molecule has 0 amide bonds. The highest BCUT2D eigenvalue weighted by molar-refractivity contribution is 5.87. The molecular weight excluding hydrogens is 508 g/mol. The molecular formula is C25H32O13. The number of phenols is 1. The Balaban J connectivity index is 1.54. The van der Waals surface area contributed by atoms with Gasteiger partial charge in [-0.25, -0.2) is 4.79 Å². The fourth-order valence-electron chi connectivity index (χ4n) is 5.15. The number of aromatic hydroxyl groups is 1. The summed E-state index contributed by atoms with van der Waals surface area (Å²) in [6, 6.07) is 4.44. The minimum absolute atomic E-state index is 0.0743. The third-order valence-electron chi connectivity index (χ3n) is 7.17. The second kappa shape index (κ2) is 10.8. The van der Waals surface area contributed by atoms with Crippen LogP contribution in [-0.2, 0) is 23.7 Å². The van der Waals surface area contributed by atoms with Crippen molar-refractivity contribution in [2.45, 2.75) is 67.6 Å². The molecule has 0 aromatic heterocycles. The third-order valence-corrected chi connectivity index (χ3v) is 7.17. The van der Waals surface area contributed by atoms with E-state index >= 15 is 0 Å². The molecule has 7 N–H and O–H groups in total. The van der Waals surface area contributed by atoms with E-state index < -0.39 is 72.8 Å². The van der Waals surface area contributed by atoms with Gasteiger partial charge in [-0.3, -0.25) is 0 Å². The highest BCUT2D eigenvalue weighted by atomic mass is 16.8. The number of hydrogen-bond donors (Lipinski definition) is 7. The third kappa shape index (κ3) is 5.11. The summed E-state index contributed by atoms with van der Waals surface area (Å²) >= 11 is 0. The minimum Gasteiger partial charge on any atom is -0.504 e. The van der Waals surface area contributed by atoms with Crippen LogP contribution in [0.25, 0.3) is 6.08 Å². The molecule has 1 aliphatic carbocycles. The Kier molecular flexibility index (Phi) is 8.02. The smallest absolute Gasteiger partial charge is 0.331 e. The quantitative estimate of drug-likeness (QED) is 0.156. The Morgan fingerprint density at radius 1 is 1.16 bits per heavy atom. The summed E-state index contributed by atoms with van der Waals surface area (Å²) < 4.78 is 27.3. The lowest BCUT2D eigenvalue weighted by Crippen LogP contribution is -2.62. The van der Waals surface area contributed by atoms with Gasteiger partial charge in [0.15, 0.2) is 17.8 Å². The highest BCUT2D eigenvalue weighted by Gasteiger charge is 2.66. The maximum Gasteiger partial charge on any atom is 0.331 e. The van der Waals surface area contributed by atoms with Crippen LogP contribution < -0.4 is 4.74 Å². The molecule has 3 aliphatic rings. The Bertz CT molecular complexity index is 1070. The fourth-order valence-corrected chi connectivity index (χ4v) is 5.15. The molecule has 0 radical (unpaired) electrons. The normalized spacial score (nSPS) is 40.5. The van der Waals surface area contributed by atoms with E-state index in [1.807, 2.05) is 0 Å². The first-order valence-electron chi connectivity index (χ1n) is 11.9. The van der Waals surface area contributed by atoms with Gasteiger partial charge in [-0.1, -0.05) is 6.07 Å². The zero-order valence-electron chi connectivity index (χ0n) is 20.7. The standard InChI is InChI=1S/C25H32O13/c1-24(38-17(29)6-4-12-3-5-13(27)14(9-12)34-2)10-16(28)25(33)7-8-35-23(21(24)25)37-22-20(32)19(31)18(30)15(11-26)36-22/h3-9,15-16,18-23,26-28,30-33H,10-11H2,1-2H3. The molecule has 1 saturated carbocycles. The molecule has 1 aromatic carbocycles. The van der Waals surface area contributed by atoms with Crippen LogP contribution in [0.4, 0.5) is 0 Å². The minimum atomic E-state index is -1.96. The van der Waals surface area contributed by atoms with Crippen LogP contribution >= 0.6 is 0 Å². The summed E-state index contributed by atoms with van der Waals surface area (Å²) in [6.07, 6.45) is -6.16. The Hall–Kier alpha value is -2.75. The van der Waals surface area contributed by atoms with Crippen molar-refractivity contribution in [3.8, 4) is 11.5 Å².